The Balaban J connectivity index is 1.63. The summed E-state index contributed by atoms with van der Waals surface area (Å²) in [4.78, 5) is 10.5. The van der Waals surface area contributed by atoms with E-state index in [2.05, 4.69) is 20.9 Å². The summed E-state index contributed by atoms with van der Waals surface area (Å²) in [7, 11) is 0. The molecule has 3 rings (SSSR count). The summed E-state index contributed by atoms with van der Waals surface area (Å²) in [5, 5.41) is 8.52. The van der Waals surface area contributed by atoms with Gasteiger partial charge < -0.3 is 9.72 Å². The first-order valence-corrected chi connectivity index (χ1v) is 8.06. The maximum Gasteiger partial charge on any atom is 0.121 e. The van der Waals surface area contributed by atoms with Crippen molar-refractivity contribution in [3.63, 3.8) is 0 Å². The monoisotopic (exact) mass is 298 g/mol. The highest BCUT2D eigenvalue weighted by Crippen LogP contribution is 2.20. The molecule has 0 radical (unpaired) electrons. The van der Waals surface area contributed by atoms with Crippen LogP contribution in [0.5, 0.6) is 5.75 Å². The molecule has 0 amide bonds. The fourth-order valence-electron chi connectivity index (χ4n) is 2.88. The van der Waals surface area contributed by atoms with Crippen LogP contribution < -0.4 is 4.74 Å². The lowest BCUT2D eigenvalue weighted by Gasteiger charge is -2.25. The normalized spacial score (nSPS) is 15.8. The molecule has 5 heteroatoms. The Labute approximate surface area is 130 Å². The van der Waals surface area contributed by atoms with E-state index < -0.39 is 0 Å². The first-order valence-electron chi connectivity index (χ1n) is 8.06. The van der Waals surface area contributed by atoms with Gasteiger partial charge in [-0.25, -0.2) is 4.98 Å². The van der Waals surface area contributed by atoms with Gasteiger partial charge in [-0.1, -0.05) is 6.42 Å². The molecule has 0 saturated carbocycles. The Morgan fingerprint density at radius 2 is 2.14 bits per heavy atom. The summed E-state index contributed by atoms with van der Waals surface area (Å²) in [5.74, 6) is 1.86. The number of nitrogens with one attached hydrogen (secondary N) is 1. The zero-order valence-corrected chi connectivity index (χ0v) is 12.8. The van der Waals surface area contributed by atoms with E-state index >= 15 is 0 Å². The minimum Gasteiger partial charge on any atom is -0.493 e. The second kappa shape index (κ2) is 7.28. The van der Waals surface area contributed by atoms with E-state index in [1.165, 1.54) is 32.4 Å². The van der Waals surface area contributed by atoms with Crippen LogP contribution in [0.1, 0.15) is 37.9 Å². The standard InChI is InChI=1S/C17H22N4O/c18-8-2-5-11-22-14-6-7-15-16(12-14)20-17(19-15)13-21-9-3-1-4-10-21/h6-7,12H,1-5,9-11,13H2,(H,19,20). The molecule has 0 aliphatic carbocycles. The van der Waals surface area contributed by atoms with Crippen molar-refractivity contribution in [1.82, 2.24) is 14.9 Å². The molecule has 2 aromatic rings. The molecule has 1 aliphatic rings. The summed E-state index contributed by atoms with van der Waals surface area (Å²) in [6.45, 7) is 3.81. The third-order valence-electron chi connectivity index (χ3n) is 4.03. The molecule has 1 saturated heterocycles. The highest BCUT2D eigenvalue weighted by Gasteiger charge is 2.12. The summed E-state index contributed by atoms with van der Waals surface area (Å²) < 4.78 is 5.67. The Morgan fingerprint density at radius 3 is 2.95 bits per heavy atom. The average Bonchev–Trinajstić information content (AvgIpc) is 2.94. The zero-order valence-electron chi connectivity index (χ0n) is 12.8. The SMILES string of the molecule is N#CCCCOc1ccc2nc(CN3CCCCC3)[nH]c2c1. The topological polar surface area (TPSA) is 64.9 Å². The van der Waals surface area contributed by atoms with Crippen LogP contribution in [-0.4, -0.2) is 34.6 Å². The predicted molar refractivity (Wildman–Crippen MR) is 85.6 cm³/mol. The molecule has 0 unspecified atom stereocenters. The van der Waals surface area contributed by atoms with Crippen LogP contribution in [0, 0.1) is 11.3 Å². The molecular formula is C17H22N4O. The predicted octanol–water partition coefficient (Wildman–Crippen LogP) is 3.23. The Bertz CT molecular complexity index is 652. The van der Waals surface area contributed by atoms with Crippen molar-refractivity contribution in [3.05, 3.63) is 24.0 Å². The van der Waals surface area contributed by atoms with Gasteiger partial charge in [0.25, 0.3) is 0 Å². The van der Waals surface area contributed by atoms with Gasteiger partial charge in [0.05, 0.1) is 30.3 Å². The fourth-order valence-corrected chi connectivity index (χ4v) is 2.88. The molecule has 1 aliphatic heterocycles. The Kier molecular flexibility index (Phi) is 4.92. The number of ether oxygens (including phenoxy) is 1. The number of imidazole rings is 1. The second-order valence-corrected chi connectivity index (χ2v) is 5.81. The zero-order chi connectivity index (χ0) is 15.2. The van der Waals surface area contributed by atoms with Crippen LogP contribution in [-0.2, 0) is 6.54 Å². The van der Waals surface area contributed by atoms with Crippen LogP contribution in [0.15, 0.2) is 18.2 Å². The third kappa shape index (κ3) is 3.77. The molecule has 1 fully saturated rings. The Morgan fingerprint density at radius 1 is 1.27 bits per heavy atom. The lowest BCUT2D eigenvalue weighted by atomic mass is 10.1. The molecule has 2 heterocycles. The van der Waals surface area contributed by atoms with Gasteiger partial charge in [0.15, 0.2) is 0 Å². The van der Waals surface area contributed by atoms with E-state index in [0.29, 0.717) is 13.0 Å². The highest BCUT2D eigenvalue weighted by atomic mass is 16.5. The van der Waals surface area contributed by atoms with Gasteiger partial charge in [-0.15, -0.1) is 0 Å². The summed E-state index contributed by atoms with van der Waals surface area (Å²) >= 11 is 0. The summed E-state index contributed by atoms with van der Waals surface area (Å²) in [6, 6.07) is 8.06. The number of hydrogen-bond donors (Lipinski definition) is 1. The van der Waals surface area contributed by atoms with Gasteiger partial charge in [-0.05, 0) is 44.5 Å². The minimum absolute atomic E-state index is 0.534. The largest absolute Gasteiger partial charge is 0.493 e. The van der Waals surface area contributed by atoms with Crippen LogP contribution in [0.25, 0.3) is 11.0 Å². The van der Waals surface area contributed by atoms with Crippen molar-refractivity contribution < 1.29 is 4.74 Å². The molecule has 116 valence electrons. The molecule has 5 nitrogen and oxygen atoms in total. The maximum atomic E-state index is 8.52. The highest BCUT2D eigenvalue weighted by molar-refractivity contribution is 5.76. The number of rotatable bonds is 6. The number of piperidine rings is 1. The molecule has 0 spiro atoms. The first-order chi connectivity index (χ1) is 10.8. The van der Waals surface area contributed by atoms with Crippen LogP contribution >= 0.6 is 0 Å². The van der Waals surface area contributed by atoms with Gasteiger partial charge in [0.2, 0.25) is 0 Å². The second-order valence-electron chi connectivity index (χ2n) is 5.81. The molecule has 1 aromatic carbocycles. The van der Waals surface area contributed by atoms with Crippen molar-refractivity contribution in [1.29, 1.82) is 5.26 Å². The van der Waals surface area contributed by atoms with Crippen molar-refractivity contribution in [2.45, 2.75) is 38.6 Å². The first kappa shape index (κ1) is 14.9. The van der Waals surface area contributed by atoms with Crippen molar-refractivity contribution in [2.75, 3.05) is 19.7 Å². The van der Waals surface area contributed by atoms with E-state index in [1.54, 1.807) is 0 Å². The third-order valence-corrected chi connectivity index (χ3v) is 4.03. The van der Waals surface area contributed by atoms with Gasteiger partial charge in [-0.2, -0.15) is 5.26 Å². The number of nitrogens with zero attached hydrogens (tertiary/aromatic N) is 3. The van der Waals surface area contributed by atoms with E-state index in [9.17, 15) is 0 Å². The molecule has 1 aromatic heterocycles. The lowest BCUT2D eigenvalue weighted by Crippen LogP contribution is -2.29. The van der Waals surface area contributed by atoms with Crippen LogP contribution in [0.3, 0.4) is 0 Å². The lowest BCUT2D eigenvalue weighted by molar-refractivity contribution is 0.216. The van der Waals surface area contributed by atoms with Gasteiger partial charge in [0.1, 0.15) is 11.6 Å². The van der Waals surface area contributed by atoms with Crippen molar-refractivity contribution in [2.24, 2.45) is 0 Å². The number of aromatic nitrogens is 2. The smallest absolute Gasteiger partial charge is 0.121 e. The average molecular weight is 298 g/mol. The molecular weight excluding hydrogens is 276 g/mol. The molecule has 0 bridgehead atoms. The Hall–Kier alpha value is -2.06. The minimum atomic E-state index is 0.534. The quantitative estimate of drug-likeness (QED) is 0.832. The van der Waals surface area contributed by atoms with E-state index in [4.69, 9.17) is 10.00 Å². The number of unbranched alkanes of at least 4 members (excludes halogenated alkanes) is 1. The molecule has 22 heavy (non-hydrogen) atoms. The van der Waals surface area contributed by atoms with E-state index in [1.807, 2.05) is 18.2 Å². The number of nitriles is 1. The molecule has 0 atom stereocenters. The number of likely N-dealkylation sites (tertiary alicyclic amines) is 1. The number of benzene rings is 1. The van der Waals surface area contributed by atoms with Gasteiger partial charge in [0, 0.05) is 12.5 Å². The summed E-state index contributed by atoms with van der Waals surface area (Å²) in [6.07, 6.45) is 5.23. The van der Waals surface area contributed by atoms with E-state index in [-0.39, 0.29) is 0 Å². The fraction of sp³-hybridized carbons (Fsp3) is 0.529. The summed E-state index contributed by atoms with van der Waals surface area (Å²) in [5.41, 5.74) is 2.00. The number of hydrogen-bond acceptors (Lipinski definition) is 4. The molecule has 1 N–H and O–H groups in total. The van der Waals surface area contributed by atoms with Gasteiger partial charge in [-0.3, -0.25) is 4.90 Å². The van der Waals surface area contributed by atoms with Gasteiger partial charge >= 0.3 is 0 Å². The van der Waals surface area contributed by atoms with E-state index in [0.717, 1.165) is 35.6 Å². The number of H-pyrrole nitrogens is 1. The maximum absolute atomic E-state index is 8.52. The number of aromatic amines is 1. The van der Waals surface area contributed by atoms with Crippen LogP contribution in [0.4, 0.5) is 0 Å². The number of fused-ring (bicyclic) bond motifs is 1. The van der Waals surface area contributed by atoms with Crippen molar-refractivity contribution >= 4 is 11.0 Å². The van der Waals surface area contributed by atoms with Crippen molar-refractivity contribution in [3.8, 4) is 11.8 Å². The van der Waals surface area contributed by atoms with Crippen LogP contribution in [0.2, 0.25) is 0 Å².